The number of hydrogen-bond donors (Lipinski definition) is 1. The number of amides is 1. The lowest BCUT2D eigenvalue weighted by molar-refractivity contribution is -0.116. The minimum Gasteiger partial charge on any atom is -0.324 e. The van der Waals surface area contributed by atoms with E-state index in [9.17, 15) is 9.59 Å². The molecule has 1 N–H and O–H groups in total. The Morgan fingerprint density at radius 3 is 2.50 bits per heavy atom. The minimum absolute atomic E-state index is 0.0772. The van der Waals surface area contributed by atoms with Crippen molar-refractivity contribution in [3.63, 3.8) is 0 Å². The van der Waals surface area contributed by atoms with Crippen LogP contribution in [0.2, 0.25) is 0 Å². The fraction of sp³-hybridized carbons (Fsp3) is 0.0455. The SMILES string of the molecule is O=C(Cn1c(=O)cnc2ccccc21)Nc1ccccc1Sc1ccccc1. The first-order valence-electron chi connectivity index (χ1n) is 8.77. The third-order valence-electron chi connectivity index (χ3n) is 4.19. The zero-order valence-electron chi connectivity index (χ0n) is 14.9. The highest BCUT2D eigenvalue weighted by atomic mass is 32.2. The molecule has 0 bridgehead atoms. The van der Waals surface area contributed by atoms with Gasteiger partial charge in [0.25, 0.3) is 5.56 Å². The fourth-order valence-electron chi connectivity index (χ4n) is 2.89. The number of para-hydroxylation sites is 3. The van der Waals surface area contributed by atoms with Crippen molar-refractivity contribution >= 4 is 34.4 Å². The van der Waals surface area contributed by atoms with Crippen molar-refractivity contribution in [2.24, 2.45) is 0 Å². The molecule has 0 spiro atoms. The van der Waals surface area contributed by atoms with Gasteiger partial charge in [-0.05, 0) is 36.4 Å². The van der Waals surface area contributed by atoms with Crippen molar-refractivity contribution in [1.82, 2.24) is 9.55 Å². The van der Waals surface area contributed by atoms with E-state index in [0.29, 0.717) is 16.7 Å². The van der Waals surface area contributed by atoms with Gasteiger partial charge in [0, 0.05) is 9.79 Å². The first kappa shape index (κ1) is 18.0. The summed E-state index contributed by atoms with van der Waals surface area (Å²) in [4.78, 5) is 31.1. The van der Waals surface area contributed by atoms with E-state index < -0.39 is 0 Å². The summed E-state index contributed by atoms with van der Waals surface area (Å²) in [5.74, 6) is -0.264. The van der Waals surface area contributed by atoms with Gasteiger partial charge in [0.1, 0.15) is 6.54 Å². The van der Waals surface area contributed by atoms with Gasteiger partial charge in [0.15, 0.2) is 0 Å². The van der Waals surface area contributed by atoms with Gasteiger partial charge in [-0.2, -0.15) is 0 Å². The van der Waals surface area contributed by atoms with Crippen molar-refractivity contribution in [3.8, 4) is 0 Å². The number of nitrogens with zero attached hydrogens (tertiary/aromatic N) is 2. The molecule has 1 heterocycles. The summed E-state index contributed by atoms with van der Waals surface area (Å²) in [6, 6.07) is 24.9. The van der Waals surface area contributed by atoms with E-state index in [2.05, 4.69) is 10.3 Å². The molecule has 5 nitrogen and oxygen atoms in total. The Morgan fingerprint density at radius 2 is 1.64 bits per heavy atom. The third-order valence-corrected chi connectivity index (χ3v) is 5.27. The van der Waals surface area contributed by atoms with Gasteiger partial charge in [-0.15, -0.1) is 0 Å². The van der Waals surface area contributed by atoms with Crippen LogP contribution in [0.1, 0.15) is 0 Å². The van der Waals surface area contributed by atoms with Gasteiger partial charge < -0.3 is 5.32 Å². The molecule has 28 heavy (non-hydrogen) atoms. The van der Waals surface area contributed by atoms with Crippen LogP contribution in [0.25, 0.3) is 11.0 Å². The highest BCUT2D eigenvalue weighted by Crippen LogP contribution is 2.33. The number of fused-ring (bicyclic) bond motifs is 1. The lowest BCUT2D eigenvalue weighted by Crippen LogP contribution is -2.28. The molecule has 4 rings (SSSR count). The number of nitrogens with one attached hydrogen (secondary N) is 1. The summed E-state index contributed by atoms with van der Waals surface area (Å²) >= 11 is 1.57. The molecule has 138 valence electrons. The third kappa shape index (κ3) is 3.97. The Labute approximate surface area is 166 Å². The van der Waals surface area contributed by atoms with Gasteiger partial charge in [-0.25, -0.2) is 4.98 Å². The zero-order chi connectivity index (χ0) is 19.3. The highest BCUT2D eigenvalue weighted by molar-refractivity contribution is 7.99. The summed E-state index contributed by atoms with van der Waals surface area (Å²) in [6.07, 6.45) is 1.24. The monoisotopic (exact) mass is 387 g/mol. The van der Waals surface area contributed by atoms with Crippen LogP contribution in [0.15, 0.2) is 99.6 Å². The van der Waals surface area contributed by atoms with Crippen LogP contribution in [0.3, 0.4) is 0 Å². The predicted molar refractivity (Wildman–Crippen MR) is 112 cm³/mol. The molecule has 6 heteroatoms. The smallest absolute Gasteiger partial charge is 0.269 e. The summed E-state index contributed by atoms with van der Waals surface area (Å²) in [6.45, 7) is -0.0772. The van der Waals surface area contributed by atoms with E-state index in [1.54, 1.807) is 17.8 Å². The first-order valence-corrected chi connectivity index (χ1v) is 9.59. The lowest BCUT2D eigenvalue weighted by atomic mass is 10.3. The molecule has 0 unspecified atom stereocenters. The minimum atomic E-state index is -0.305. The number of anilines is 1. The Bertz CT molecular complexity index is 1190. The standard InChI is InChI=1S/C22H17N3O2S/c26-21(15-25-19-12-6-4-10-17(19)23-14-22(25)27)24-18-11-5-7-13-20(18)28-16-8-2-1-3-9-16/h1-14H,15H2,(H,24,26). The number of aromatic nitrogens is 2. The van der Waals surface area contributed by atoms with Gasteiger partial charge in [0.2, 0.25) is 5.91 Å². The molecule has 0 fully saturated rings. The number of carbonyl (C=O) groups is 1. The largest absolute Gasteiger partial charge is 0.324 e. The van der Waals surface area contributed by atoms with Crippen LogP contribution in [0.4, 0.5) is 5.69 Å². The molecule has 0 aliphatic heterocycles. The van der Waals surface area contributed by atoms with Gasteiger partial charge in [-0.1, -0.05) is 54.2 Å². The number of hydrogen-bond acceptors (Lipinski definition) is 4. The molecule has 0 radical (unpaired) electrons. The van der Waals surface area contributed by atoms with Gasteiger partial charge in [0.05, 0.1) is 22.9 Å². The topological polar surface area (TPSA) is 64.0 Å². The van der Waals surface area contributed by atoms with E-state index in [1.807, 2.05) is 72.8 Å². The Kier molecular flexibility index (Phi) is 5.21. The molecular formula is C22H17N3O2S. The average molecular weight is 387 g/mol. The van der Waals surface area contributed by atoms with Crippen LogP contribution in [0.5, 0.6) is 0 Å². The van der Waals surface area contributed by atoms with E-state index in [-0.39, 0.29) is 18.0 Å². The van der Waals surface area contributed by atoms with Crippen LogP contribution in [-0.2, 0) is 11.3 Å². The van der Waals surface area contributed by atoms with E-state index >= 15 is 0 Å². The molecule has 0 saturated carbocycles. The van der Waals surface area contributed by atoms with Gasteiger partial charge in [-0.3, -0.25) is 14.2 Å². The Hall–Kier alpha value is -3.38. The first-order chi connectivity index (χ1) is 13.7. The summed E-state index contributed by atoms with van der Waals surface area (Å²) in [5, 5.41) is 2.93. The molecule has 1 amide bonds. The molecule has 0 saturated heterocycles. The number of rotatable bonds is 5. The van der Waals surface area contributed by atoms with E-state index in [4.69, 9.17) is 0 Å². The molecule has 4 aromatic rings. The van der Waals surface area contributed by atoms with Crippen LogP contribution in [0, 0.1) is 0 Å². The Balaban J connectivity index is 1.57. The van der Waals surface area contributed by atoms with Crippen LogP contribution < -0.4 is 10.9 Å². The highest BCUT2D eigenvalue weighted by Gasteiger charge is 2.11. The predicted octanol–water partition coefficient (Wildman–Crippen LogP) is 4.19. The fourth-order valence-corrected chi connectivity index (χ4v) is 3.81. The summed E-state index contributed by atoms with van der Waals surface area (Å²) in [5.41, 5.74) is 1.72. The average Bonchev–Trinajstić information content (AvgIpc) is 2.72. The second-order valence-corrected chi connectivity index (χ2v) is 7.25. The maximum absolute atomic E-state index is 12.7. The van der Waals surface area contributed by atoms with Crippen molar-refractivity contribution < 1.29 is 4.79 Å². The van der Waals surface area contributed by atoms with Crippen molar-refractivity contribution in [2.45, 2.75) is 16.3 Å². The van der Waals surface area contributed by atoms with Crippen molar-refractivity contribution in [1.29, 1.82) is 0 Å². The Morgan fingerprint density at radius 1 is 0.929 bits per heavy atom. The number of benzene rings is 3. The molecular weight excluding hydrogens is 370 g/mol. The maximum Gasteiger partial charge on any atom is 0.269 e. The molecule has 1 aromatic heterocycles. The molecule has 0 aliphatic carbocycles. The quantitative estimate of drug-likeness (QED) is 0.558. The molecule has 3 aromatic carbocycles. The van der Waals surface area contributed by atoms with Gasteiger partial charge >= 0.3 is 0 Å². The second-order valence-electron chi connectivity index (χ2n) is 6.13. The lowest BCUT2D eigenvalue weighted by Gasteiger charge is -2.12. The second kappa shape index (κ2) is 8.10. The van der Waals surface area contributed by atoms with Crippen molar-refractivity contribution in [2.75, 3.05) is 5.32 Å². The normalized spacial score (nSPS) is 10.7. The molecule has 0 atom stereocenters. The van der Waals surface area contributed by atoms with E-state index in [0.717, 1.165) is 9.79 Å². The van der Waals surface area contributed by atoms with Crippen molar-refractivity contribution in [3.05, 3.63) is 95.4 Å². The molecule has 0 aliphatic rings. The van der Waals surface area contributed by atoms with Crippen LogP contribution in [-0.4, -0.2) is 15.5 Å². The maximum atomic E-state index is 12.7. The summed E-state index contributed by atoms with van der Waals surface area (Å²) in [7, 11) is 0. The number of carbonyl (C=O) groups excluding carboxylic acids is 1. The van der Waals surface area contributed by atoms with Crippen LogP contribution >= 0.6 is 11.8 Å². The summed E-state index contributed by atoms with van der Waals surface area (Å²) < 4.78 is 1.44. The zero-order valence-corrected chi connectivity index (χ0v) is 15.7. The van der Waals surface area contributed by atoms with E-state index in [1.165, 1.54) is 10.8 Å².